The Labute approximate surface area is 175 Å². The molecule has 0 bridgehead atoms. The van der Waals surface area contributed by atoms with Gasteiger partial charge in [0.15, 0.2) is 0 Å². The molecule has 1 fully saturated rings. The van der Waals surface area contributed by atoms with Gasteiger partial charge in [0.2, 0.25) is 0 Å². The zero-order valence-electron chi connectivity index (χ0n) is 16.6. The van der Waals surface area contributed by atoms with E-state index in [0.717, 1.165) is 10.5 Å². The molecule has 0 aliphatic carbocycles. The number of carbonyl (C=O) groups is 2. The normalized spacial score (nSPS) is 22.1. The van der Waals surface area contributed by atoms with Crippen LogP contribution in [0.2, 0.25) is 0 Å². The molecule has 0 aromatic heterocycles. The van der Waals surface area contributed by atoms with Gasteiger partial charge in [0.25, 0.3) is 5.91 Å². The molecular formula is C22H26N2O4S. The van der Waals surface area contributed by atoms with Crippen molar-refractivity contribution in [3.8, 4) is 0 Å². The molecule has 0 saturated carbocycles. The van der Waals surface area contributed by atoms with Crippen LogP contribution in [-0.2, 0) is 15.1 Å². The fourth-order valence-electron chi connectivity index (χ4n) is 3.71. The average Bonchev–Trinajstić information content (AvgIpc) is 2.76. The number of aliphatic hydroxyl groups is 1. The second-order valence-corrected chi connectivity index (χ2v) is 7.98. The van der Waals surface area contributed by atoms with Gasteiger partial charge < -0.3 is 15.2 Å². The molecule has 154 valence electrons. The summed E-state index contributed by atoms with van der Waals surface area (Å²) in [6, 6.07) is 16.9. The first-order chi connectivity index (χ1) is 14.0. The summed E-state index contributed by atoms with van der Waals surface area (Å²) in [6.07, 6.45) is 1.56. The Kier molecular flexibility index (Phi) is 6.95. The molecule has 1 saturated heterocycles. The third-order valence-corrected chi connectivity index (χ3v) is 6.09. The zero-order valence-corrected chi connectivity index (χ0v) is 17.4. The molecule has 3 rings (SSSR count). The summed E-state index contributed by atoms with van der Waals surface area (Å²) >= 11 is 1.57. The van der Waals surface area contributed by atoms with Crippen molar-refractivity contribution >= 4 is 23.6 Å². The van der Waals surface area contributed by atoms with Gasteiger partial charge in [0.1, 0.15) is 0 Å². The van der Waals surface area contributed by atoms with Gasteiger partial charge in [0, 0.05) is 23.5 Å². The summed E-state index contributed by atoms with van der Waals surface area (Å²) in [7, 11) is 1.35. The minimum atomic E-state index is -0.930. The highest BCUT2D eigenvalue weighted by Crippen LogP contribution is 2.34. The van der Waals surface area contributed by atoms with Gasteiger partial charge in [-0.3, -0.25) is 14.5 Å². The monoisotopic (exact) mass is 414 g/mol. The number of hydrogen-bond acceptors (Lipinski definition) is 6. The summed E-state index contributed by atoms with van der Waals surface area (Å²) in [4.78, 5) is 27.6. The Hall–Kier alpha value is -2.35. The zero-order chi connectivity index (χ0) is 20.9. The number of carbonyl (C=O) groups excluding carboxylic acids is 2. The van der Waals surface area contributed by atoms with Crippen LogP contribution in [-0.4, -0.2) is 61.0 Å². The molecule has 7 heteroatoms. The smallest absolute Gasteiger partial charge is 0.319 e. The summed E-state index contributed by atoms with van der Waals surface area (Å²) in [6.45, 7) is 0.920. The van der Waals surface area contributed by atoms with Crippen LogP contribution < -0.4 is 5.32 Å². The number of esters is 1. The van der Waals surface area contributed by atoms with Crippen LogP contribution in [0.3, 0.4) is 0 Å². The van der Waals surface area contributed by atoms with E-state index in [1.165, 1.54) is 7.11 Å². The minimum absolute atomic E-state index is 0.113. The van der Waals surface area contributed by atoms with Crippen molar-refractivity contribution in [1.82, 2.24) is 10.2 Å². The maximum absolute atomic E-state index is 13.1. The first-order valence-electron chi connectivity index (χ1n) is 9.48. The molecule has 0 unspecified atom stereocenters. The van der Waals surface area contributed by atoms with Gasteiger partial charge in [-0.1, -0.05) is 36.4 Å². The predicted octanol–water partition coefficient (Wildman–Crippen LogP) is 2.27. The second-order valence-electron chi connectivity index (χ2n) is 7.10. The Morgan fingerprint density at radius 2 is 2.00 bits per heavy atom. The van der Waals surface area contributed by atoms with E-state index >= 15 is 0 Å². The lowest BCUT2D eigenvalue weighted by molar-refractivity contribution is -0.143. The number of likely N-dealkylation sites (tertiary alicyclic amines) is 1. The van der Waals surface area contributed by atoms with Gasteiger partial charge >= 0.3 is 5.97 Å². The Bertz CT molecular complexity index is 861. The van der Waals surface area contributed by atoms with Crippen molar-refractivity contribution in [3.05, 3.63) is 65.7 Å². The number of aliphatic hydroxyl groups excluding tert-OH is 1. The number of methoxy groups -OCH3 is 1. The van der Waals surface area contributed by atoms with E-state index in [0.29, 0.717) is 18.5 Å². The lowest BCUT2D eigenvalue weighted by Gasteiger charge is -2.46. The molecule has 0 spiro atoms. The summed E-state index contributed by atoms with van der Waals surface area (Å²) < 4.78 is 4.74. The van der Waals surface area contributed by atoms with Crippen LogP contribution in [0.5, 0.6) is 0 Å². The largest absolute Gasteiger partial charge is 0.468 e. The van der Waals surface area contributed by atoms with Crippen LogP contribution in [0.4, 0.5) is 0 Å². The van der Waals surface area contributed by atoms with E-state index in [4.69, 9.17) is 4.74 Å². The van der Waals surface area contributed by atoms with E-state index in [9.17, 15) is 14.7 Å². The summed E-state index contributed by atoms with van der Waals surface area (Å²) in [5.74, 6) is -0.576. The fourth-order valence-corrected chi connectivity index (χ4v) is 4.17. The number of benzene rings is 2. The minimum Gasteiger partial charge on any atom is -0.468 e. The number of piperidine rings is 1. The van der Waals surface area contributed by atoms with Crippen LogP contribution in [0.25, 0.3) is 0 Å². The predicted molar refractivity (Wildman–Crippen MR) is 113 cm³/mol. The third-order valence-electron chi connectivity index (χ3n) is 5.36. The van der Waals surface area contributed by atoms with E-state index in [2.05, 4.69) is 5.32 Å². The highest BCUT2D eigenvalue weighted by atomic mass is 32.2. The van der Waals surface area contributed by atoms with Crippen molar-refractivity contribution in [3.63, 3.8) is 0 Å². The molecule has 29 heavy (non-hydrogen) atoms. The van der Waals surface area contributed by atoms with E-state index in [1.807, 2.05) is 59.7 Å². The number of ether oxygens (including phenoxy) is 1. The average molecular weight is 415 g/mol. The summed E-state index contributed by atoms with van der Waals surface area (Å²) in [5, 5.41) is 14.2. The first kappa shape index (κ1) is 21.4. The van der Waals surface area contributed by atoms with Crippen molar-refractivity contribution < 1.29 is 19.4 Å². The maximum atomic E-state index is 13.1. The Balaban J connectivity index is 1.87. The first-order valence-corrected chi connectivity index (χ1v) is 10.7. The Morgan fingerprint density at radius 1 is 1.24 bits per heavy atom. The lowest BCUT2D eigenvalue weighted by Crippen LogP contribution is -2.62. The van der Waals surface area contributed by atoms with Crippen molar-refractivity contribution in [2.24, 2.45) is 0 Å². The summed E-state index contributed by atoms with van der Waals surface area (Å²) in [5.41, 5.74) is 0.469. The number of β-amino-alcohol motifs (C(OH)–C–C–N with tert-alkyl or cyclic N) is 1. The van der Waals surface area contributed by atoms with Crippen LogP contribution in [0.15, 0.2) is 59.5 Å². The second kappa shape index (κ2) is 9.43. The molecule has 1 heterocycles. The molecule has 0 radical (unpaired) electrons. The highest BCUT2D eigenvalue weighted by Gasteiger charge is 2.45. The Morgan fingerprint density at radius 3 is 2.66 bits per heavy atom. The molecule has 1 aliphatic rings. The third kappa shape index (κ3) is 4.80. The van der Waals surface area contributed by atoms with Crippen LogP contribution in [0, 0.1) is 0 Å². The lowest BCUT2D eigenvalue weighted by atomic mass is 9.78. The molecule has 2 aromatic carbocycles. The highest BCUT2D eigenvalue weighted by molar-refractivity contribution is 7.98. The molecule has 2 N–H and O–H groups in total. The van der Waals surface area contributed by atoms with Crippen molar-refractivity contribution in [2.45, 2.75) is 23.0 Å². The maximum Gasteiger partial charge on any atom is 0.319 e. The molecule has 1 amide bonds. The van der Waals surface area contributed by atoms with Gasteiger partial charge in [-0.05, 0) is 36.4 Å². The van der Waals surface area contributed by atoms with Crippen LogP contribution in [0.1, 0.15) is 22.3 Å². The van der Waals surface area contributed by atoms with Gasteiger partial charge in [-0.15, -0.1) is 11.8 Å². The number of rotatable bonds is 6. The van der Waals surface area contributed by atoms with Crippen LogP contribution >= 0.6 is 11.8 Å². The van der Waals surface area contributed by atoms with Crippen molar-refractivity contribution in [1.29, 1.82) is 0 Å². The van der Waals surface area contributed by atoms with E-state index < -0.39 is 11.6 Å². The van der Waals surface area contributed by atoms with E-state index in [1.54, 1.807) is 17.8 Å². The quantitative estimate of drug-likeness (QED) is 0.558. The molecule has 1 aliphatic heterocycles. The van der Waals surface area contributed by atoms with Crippen molar-refractivity contribution in [2.75, 3.05) is 33.0 Å². The number of nitrogens with zero attached hydrogens (tertiary/aromatic N) is 1. The van der Waals surface area contributed by atoms with Gasteiger partial charge in [-0.2, -0.15) is 0 Å². The number of thioether (sulfide) groups is 1. The number of amides is 1. The standard InChI is InChI=1S/C22H26N2O4S/c1-28-20(26)15-24-12-11-22(19(25)14-24,17-8-4-3-5-9-17)23-21(27)16-7-6-10-18(13-16)29-2/h3-10,13,19,25H,11-12,14-15H2,1-2H3,(H,23,27)/t19-,22+/m1/s1. The van der Waals surface area contributed by atoms with E-state index in [-0.39, 0.29) is 25.0 Å². The number of nitrogens with one attached hydrogen (secondary N) is 1. The SMILES string of the molecule is COC(=O)CN1CC[C@](NC(=O)c2cccc(SC)c2)(c2ccccc2)[C@H](O)C1. The van der Waals surface area contributed by atoms with Gasteiger partial charge in [0.05, 0.1) is 25.3 Å². The molecule has 2 atom stereocenters. The van der Waals surface area contributed by atoms with Gasteiger partial charge in [-0.25, -0.2) is 0 Å². The number of hydrogen-bond donors (Lipinski definition) is 2. The molecule has 6 nitrogen and oxygen atoms in total. The topological polar surface area (TPSA) is 78.9 Å². The molecule has 2 aromatic rings. The molecular weight excluding hydrogens is 388 g/mol. The fraction of sp³-hybridized carbons (Fsp3) is 0.364.